The highest BCUT2D eigenvalue weighted by Gasteiger charge is 2.17. The van der Waals surface area contributed by atoms with E-state index in [0.29, 0.717) is 29.6 Å². The maximum atomic E-state index is 6.17. The monoisotopic (exact) mass is 488 g/mol. The fraction of sp³-hybridized carbons (Fsp3) is 0.160. The van der Waals surface area contributed by atoms with Crippen LogP contribution in [-0.4, -0.2) is 26.7 Å². The van der Waals surface area contributed by atoms with Gasteiger partial charge in [0.15, 0.2) is 5.76 Å². The molecule has 170 valence electrons. The number of rotatable bonds is 6. The Morgan fingerprint density at radius 3 is 2.68 bits per heavy atom. The van der Waals surface area contributed by atoms with Crippen LogP contribution in [-0.2, 0) is 6.61 Å². The number of methoxy groups -OCH3 is 1. The fourth-order valence-electron chi connectivity index (χ4n) is 3.83. The second-order valence-corrected chi connectivity index (χ2v) is 10.2. The van der Waals surface area contributed by atoms with Gasteiger partial charge in [-0.05, 0) is 26.0 Å². The van der Waals surface area contributed by atoms with E-state index in [-0.39, 0.29) is 0 Å². The summed E-state index contributed by atoms with van der Waals surface area (Å²) < 4.78 is 19.6. The molecule has 0 bridgehead atoms. The van der Waals surface area contributed by atoms with Gasteiger partial charge in [-0.15, -0.1) is 11.3 Å². The van der Waals surface area contributed by atoms with Gasteiger partial charge in [0.05, 0.1) is 18.2 Å². The Bertz CT molecular complexity index is 1600. The van der Waals surface area contributed by atoms with Crippen molar-refractivity contribution in [1.29, 1.82) is 0 Å². The van der Waals surface area contributed by atoms with E-state index < -0.39 is 0 Å². The first-order chi connectivity index (χ1) is 16.6. The largest absolute Gasteiger partial charge is 0.497 e. The predicted octanol–water partition coefficient (Wildman–Crippen LogP) is 6.53. The van der Waals surface area contributed by atoms with E-state index in [2.05, 4.69) is 22.2 Å². The van der Waals surface area contributed by atoms with Gasteiger partial charge in [-0.1, -0.05) is 41.7 Å². The lowest BCUT2D eigenvalue weighted by Crippen LogP contribution is -1.98. The smallest absolute Gasteiger partial charge is 0.228 e. The molecule has 0 N–H and O–H groups in total. The number of nitrogens with zero attached hydrogens (tertiary/aromatic N) is 4. The van der Waals surface area contributed by atoms with Gasteiger partial charge >= 0.3 is 0 Å². The Hall–Kier alpha value is -3.69. The molecule has 34 heavy (non-hydrogen) atoms. The molecular formula is C25H20N4O3S2. The Labute approximate surface area is 203 Å². The topological polar surface area (TPSA) is 74.7 Å². The molecule has 0 atom stereocenters. The van der Waals surface area contributed by atoms with Gasteiger partial charge in [-0.25, -0.2) is 14.5 Å². The van der Waals surface area contributed by atoms with E-state index in [9.17, 15) is 0 Å². The third-order valence-electron chi connectivity index (χ3n) is 5.47. The molecule has 9 heteroatoms. The van der Waals surface area contributed by atoms with Crippen molar-refractivity contribution in [1.82, 2.24) is 19.6 Å². The van der Waals surface area contributed by atoms with E-state index in [4.69, 9.17) is 18.9 Å². The highest BCUT2D eigenvalue weighted by Crippen LogP contribution is 2.35. The molecule has 0 aliphatic rings. The lowest BCUT2D eigenvalue weighted by molar-refractivity contribution is 0.295. The Morgan fingerprint density at radius 1 is 1.03 bits per heavy atom. The molecule has 2 aromatic carbocycles. The van der Waals surface area contributed by atoms with Crippen LogP contribution in [0.3, 0.4) is 0 Å². The minimum atomic E-state index is 0.338. The molecule has 0 fully saturated rings. The number of hydrogen-bond acceptors (Lipinski definition) is 8. The number of ether oxygens (including phenoxy) is 2. The highest BCUT2D eigenvalue weighted by atomic mass is 32.1. The van der Waals surface area contributed by atoms with Crippen LogP contribution < -0.4 is 9.47 Å². The van der Waals surface area contributed by atoms with Crippen molar-refractivity contribution in [3.05, 3.63) is 70.2 Å². The van der Waals surface area contributed by atoms with Crippen LogP contribution in [0.2, 0.25) is 0 Å². The highest BCUT2D eigenvalue weighted by molar-refractivity contribution is 7.16. The quantitative estimate of drug-likeness (QED) is 0.265. The molecule has 0 aliphatic heterocycles. The predicted molar refractivity (Wildman–Crippen MR) is 134 cm³/mol. The summed E-state index contributed by atoms with van der Waals surface area (Å²) in [7, 11) is 1.64. The Kier molecular flexibility index (Phi) is 5.08. The molecule has 0 saturated carbocycles. The van der Waals surface area contributed by atoms with Crippen LogP contribution >= 0.6 is 22.7 Å². The summed E-state index contributed by atoms with van der Waals surface area (Å²) in [5.41, 5.74) is 3.49. The van der Waals surface area contributed by atoms with Gasteiger partial charge in [0, 0.05) is 22.6 Å². The van der Waals surface area contributed by atoms with Crippen LogP contribution in [0, 0.1) is 13.8 Å². The van der Waals surface area contributed by atoms with Crippen LogP contribution in [0.5, 0.6) is 11.6 Å². The van der Waals surface area contributed by atoms with E-state index in [1.165, 1.54) is 0 Å². The molecule has 0 unspecified atom stereocenters. The van der Waals surface area contributed by atoms with Crippen molar-refractivity contribution < 1.29 is 13.9 Å². The van der Waals surface area contributed by atoms with Crippen LogP contribution in [0.25, 0.3) is 38.0 Å². The summed E-state index contributed by atoms with van der Waals surface area (Å²) in [6, 6.07) is 16.0. The summed E-state index contributed by atoms with van der Waals surface area (Å²) >= 11 is 3.17. The maximum Gasteiger partial charge on any atom is 0.228 e. The number of aromatic nitrogens is 4. The average Bonchev–Trinajstić information content (AvgIpc) is 3.60. The van der Waals surface area contributed by atoms with Gasteiger partial charge in [0.1, 0.15) is 33.6 Å². The number of aryl methyl sites for hydroxylation is 2. The third-order valence-corrected chi connectivity index (χ3v) is 7.31. The molecule has 4 heterocycles. The van der Waals surface area contributed by atoms with Crippen molar-refractivity contribution in [2.45, 2.75) is 20.5 Å². The lowest BCUT2D eigenvalue weighted by atomic mass is 10.1. The number of imidazole rings is 1. The standard InChI is InChI=1S/C25H20N4O3S2/c1-14-23(27-24(33-14)16-7-5-4-6-8-16)31-13-17-9-18(30-3)10-21-19(17)11-22(32-21)20-12-29-25(26-20)34-15(2)28-29/h4-12H,13H2,1-3H3. The normalized spacial score (nSPS) is 11.5. The van der Waals surface area contributed by atoms with E-state index in [0.717, 1.165) is 42.1 Å². The van der Waals surface area contributed by atoms with Gasteiger partial charge in [0.25, 0.3) is 0 Å². The molecule has 4 aromatic heterocycles. The summed E-state index contributed by atoms with van der Waals surface area (Å²) in [6.45, 7) is 4.33. The fourth-order valence-corrected chi connectivity index (χ4v) is 5.42. The zero-order valence-electron chi connectivity index (χ0n) is 18.7. The molecule has 6 rings (SSSR count). The summed E-state index contributed by atoms with van der Waals surface area (Å²) in [5, 5.41) is 7.30. The van der Waals surface area contributed by atoms with E-state index in [1.807, 2.05) is 56.4 Å². The van der Waals surface area contributed by atoms with Gasteiger partial charge in [-0.2, -0.15) is 5.10 Å². The van der Waals surface area contributed by atoms with Crippen molar-refractivity contribution >= 4 is 38.6 Å². The second-order valence-electron chi connectivity index (χ2n) is 7.82. The van der Waals surface area contributed by atoms with E-state index >= 15 is 0 Å². The van der Waals surface area contributed by atoms with Crippen molar-refractivity contribution in [3.8, 4) is 33.7 Å². The molecule has 0 aliphatic carbocycles. The zero-order chi connectivity index (χ0) is 23.2. The second kappa shape index (κ2) is 8.27. The Balaban J connectivity index is 1.33. The SMILES string of the molecule is COc1cc(COc2nc(-c3ccccc3)sc2C)c2cc(-c3cn4nc(C)sc4n3)oc2c1. The van der Waals surface area contributed by atoms with Gasteiger partial charge in [-0.3, -0.25) is 0 Å². The van der Waals surface area contributed by atoms with Crippen molar-refractivity contribution in [2.75, 3.05) is 7.11 Å². The number of thiazole rings is 1. The minimum absolute atomic E-state index is 0.338. The number of hydrogen-bond donors (Lipinski definition) is 0. The molecule has 0 radical (unpaired) electrons. The first-order valence-corrected chi connectivity index (χ1v) is 12.3. The summed E-state index contributed by atoms with van der Waals surface area (Å²) in [4.78, 5) is 11.3. The van der Waals surface area contributed by atoms with Gasteiger partial charge < -0.3 is 13.9 Å². The molecule has 0 saturated heterocycles. The lowest BCUT2D eigenvalue weighted by Gasteiger charge is -2.07. The van der Waals surface area contributed by atoms with Crippen molar-refractivity contribution in [3.63, 3.8) is 0 Å². The number of fused-ring (bicyclic) bond motifs is 2. The molecule has 0 amide bonds. The van der Waals surface area contributed by atoms with E-state index in [1.54, 1.807) is 34.3 Å². The Morgan fingerprint density at radius 2 is 1.88 bits per heavy atom. The maximum absolute atomic E-state index is 6.17. The van der Waals surface area contributed by atoms with Crippen LogP contribution in [0.4, 0.5) is 0 Å². The molecular weight excluding hydrogens is 468 g/mol. The molecule has 7 nitrogen and oxygen atoms in total. The third kappa shape index (κ3) is 3.72. The molecule has 0 spiro atoms. The first-order valence-electron chi connectivity index (χ1n) is 10.7. The summed E-state index contributed by atoms with van der Waals surface area (Å²) in [5.74, 6) is 2.02. The average molecular weight is 489 g/mol. The summed E-state index contributed by atoms with van der Waals surface area (Å²) in [6.07, 6.45) is 1.88. The van der Waals surface area contributed by atoms with Crippen LogP contribution in [0.15, 0.2) is 59.1 Å². The van der Waals surface area contributed by atoms with Crippen LogP contribution in [0.1, 0.15) is 15.4 Å². The van der Waals surface area contributed by atoms with Crippen molar-refractivity contribution in [2.24, 2.45) is 0 Å². The number of benzene rings is 2. The van der Waals surface area contributed by atoms with Gasteiger partial charge in [0.2, 0.25) is 10.8 Å². The zero-order valence-corrected chi connectivity index (χ0v) is 20.4. The molecule has 6 aromatic rings. The minimum Gasteiger partial charge on any atom is -0.497 e. The first kappa shape index (κ1) is 20.9. The number of furan rings is 1.